The molecule has 164 valence electrons. The van der Waals surface area contributed by atoms with Gasteiger partial charge in [-0.15, -0.1) is 0 Å². The maximum absolute atomic E-state index is 15.2. The molecule has 1 heterocycles. The standard InChI is InChI=1S/C24H22F2N4O2/c1-32-8-7-28-17-12-19(22(26)20(13-17)24(27)31)23-18-11-15(5-6-21(18)29-30-23)9-14-3-2-4-16(25)10-14/h2-6,10-13,28H,7-9H2,1H3,(H2,27,31)(H,29,30). The third-order valence-corrected chi connectivity index (χ3v) is 5.15. The third-order valence-electron chi connectivity index (χ3n) is 5.15. The van der Waals surface area contributed by atoms with Gasteiger partial charge in [0.05, 0.1) is 17.7 Å². The highest BCUT2D eigenvalue weighted by molar-refractivity contribution is 5.99. The molecule has 4 aromatic rings. The quantitative estimate of drug-likeness (QED) is 0.360. The predicted octanol–water partition coefficient (Wildman–Crippen LogP) is 4.26. The average molecular weight is 436 g/mol. The van der Waals surface area contributed by atoms with Crippen LogP contribution >= 0.6 is 0 Å². The first-order valence-electron chi connectivity index (χ1n) is 10.0. The van der Waals surface area contributed by atoms with Gasteiger partial charge in [0, 0.05) is 30.3 Å². The molecule has 0 aliphatic rings. The van der Waals surface area contributed by atoms with E-state index in [0.29, 0.717) is 41.9 Å². The van der Waals surface area contributed by atoms with Crippen molar-refractivity contribution in [3.63, 3.8) is 0 Å². The van der Waals surface area contributed by atoms with Crippen LogP contribution in [0.1, 0.15) is 21.5 Å². The number of anilines is 1. The van der Waals surface area contributed by atoms with Gasteiger partial charge in [0.1, 0.15) is 17.3 Å². The number of amides is 1. The smallest absolute Gasteiger partial charge is 0.251 e. The molecule has 32 heavy (non-hydrogen) atoms. The lowest BCUT2D eigenvalue weighted by Crippen LogP contribution is -2.15. The average Bonchev–Trinajstić information content (AvgIpc) is 3.18. The summed E-state index contributed by atoms with van der Waals surface area (Å²) < 4.78 is 33.8. The zero-order chi connectivity index (χ0) is 22.7. The number of aromatic amines is 1. The minimum Gasteiger partial charge on any atom is -0.383 e. The van der Waals surface area contributed by atoms with E-state index in [0.717, 1.165) is 11.1 Å². The Morgan fingerprint density at radius 1 is 1.12 bits per heavy atom. The van der Waals surface area contributed by atoms with Gasteiger partial charge in [-0.05, 0) is 53.9 Å². The van der Waals surface area contributed by atoms with Crippen molar-refractivity contribution in [3.05, 3.63) is 82.9 Å². The summed E-state index contributed by atoms with van der Waals surface area (Å²) in [6.07, 6.45) is 0.506. The minimum absolute atomic E-state index is 0.148. The number of H-pyrrole nitrogens is 1. The molecule has 0 bridgehead atoms. The molecular formula is C24H22F2N4O2. The number of primary amides is 1. The Morgan fingerprint density at radius 2 is 1.94 bits per heavy atom. The van der Waals surface area contributed by atoms with Crippen LogP contribution in [0.5, 0.6) is 0 Å². The Labute approximate surface area is 183 Å². The largest absolute Gasteiger partial charge is 0.383 e. The van der Waals surface area contributed by atoms with Gasteiger partial charge in [-0.2, -0.15) is 5.10 Å². The molecule has 4 rings (SSSR count). The van der Waals surface area contributed by atoms with Gasteiger partial charge in [-0.3, -0.25) is 9.89 Å². The second-order valence-corrected chi connectivity index (χ2v) is 7.43. The van der Waals surface area contributed by atoms with Crippen LogP contribution in [0.25, 0.3) is 22.2 Å². The van der Waals surface area contributed by atoms with Crippen LogP contribution in [0.15, 0.2) is 54.6 Å². The number of nitrogens with zero attached hydrogens (tertiary/aromatic N) is 1. The monoisotopic (exact) mass is 436 g/mol. The molecule has 0 aliphatic carbocycles. The lowest BCUT2D eigenvalue weighted by atomic mass is 9.99. The second kappa shape index (κ2) is 9.15. The molecule has 0 spiro atoms. The Hall–Kier alpha value is -3.78. The fourth-order valence-corrected chi connectivity index (χ4v) is 3.63. The lowest BCUT2D eigenvalue weighted by molar-refractivity contribution is 0.0996. The van der Waals surface area contributed by atoms with E-state index in [9.17, 15) is 9.18 Å². The molecule has 1 aromatic heterocycles. The number of ether oxygens (including phenoxy) is 1. The number of fused-ring (bicyclic) bond motifs is 1. The van der Waals surface area contributed by atoms with Crippen molar-refractivity contribution in [1.29, 1.82) is 0 Å². The molecule has 0 saturated heterocycles. The normalized spacial score (nSPS) is 11.1. The highest BCUT2D eigenvalue weighted by Crippen LogP contribution is 2.33. The van der Waals surface area contributed by atoms with E-state index >= 15 is 4.39 Å². The number of hydrogen-bond acceptors (Lipinski definition) is 4. The zero-order valence-electron chi connectivity index (χ0n) is 17.4. The van der Waals surface area contributed by atoms with Gasteiger partial charge >= 0.3 is 0 Å². The Balaban J connectivity index is 1.77. The number of benzene rings is 3. The van der Waals surface area contributed by atoms with E-state index in [1.165, 1.54) is 18.2 Å². The van der Waals surface area contributed by atoms with Gasteiger partial charge in [-0.1, -0.05) is 18.2 Å². The number of nitrogens with one attached hydrogen (secondary N) is 2. The molecule has 0 atom stereocenters. The van der Waals surface area contributed by atoms with Gasteiger partial charge < -0.3 is 15.8 Å². The summed E-state index contributed by atoms with van der Waals surface area (Å²) in [6.45, 7) is 0.909. The fraction of sp³-hybridized carbons (Fsp3) is 0.167. The maximum Gasteiger partial charge on any atom is 0.251 e. The van der Waals surface area contributed by atoms with Crippen molar-refractivity contribution >= 4 is 22.5 Å². The van der Waals surface area contributed by atoms with Crippen LogP contribution in [0.4, 0.5) is 14.5 Å². The highest BCUT2D eigenvalue weighted by Gasteiger charge is 2.20. The third kappa shape index (κ3) is 4.45. The van der Waals surface area contributed by atoms with Crippen LogP contribution in [0.2, 0.25) is 0 Å². The summed E-state index contributed by atoms with van der Waals surface area (Å²) in [7, 11) is 1.57. The molecule has 0 aliphatic heterocycles. The van der Waals surface area contributed by atoms with E-state index < -0.39 is 11.7 Å². The number of hydrogen-bond donors (Lipinski definition) is 3. The summed E-state index contributed by atoms with van der Waals surface area (Å²) in [5, 5.41) is 11.0. The molecule has 0 radical (unpaired) electrons. The van der Waals surface area contributed by atoms with E-state index in [2.05, 4.69) is 15.5 Å². The van der Waals surface area contributed by atoms with Crippen molar-refractivity contribution in [2.24, 2.45) is 5.73 Å². The van der Waals surface area contributed by atoms with E-state index in [1.54, 1.807) is 19.2 Å². The number of nitrogens with two attached hydrogens (primary N) is 1. The summed E-state index contributed by atoms with van der Waals surface area (Å²) >= 11 is 0. The number of rotatable bonds is 8. The molecule has 8 heteroatoms. The van der Waals surface area contributed by atoms with Crippen LogP contribution < -0.4 is 11.1 Å². The summed E-state index contributed by atoms with van der Waals surface area (Å²) in [5.41, 5.74) is 8.65. The van der Waals surface area contributed by atoms with Gasteiger partial charge in [0.25, 0.3) is 5.91 Å². The summed E-state index contributed by atoms with van der Waals surface area (Å²) in [5.74, 6) is -1.91. The second-order valence-electron chi connectivity index (χ2n) is 7.43. The van der Waals surface area contributed by atoms with Crippen molar-refractivity contribution in [2.75, 3.05) is 25.6 Å². The molecule has 3 aromatic carbocycles. The van der Waals surface area contributed by atoms with Crippen LogP contribution in [0.3, 0.4) is 0 Å². The van der Waals surface area contributed by atoms with Crippen LogP contribution in [-0.2, 0) is 11.2 Å². The Morgan fingerprint density at radius 3 is 2.69 bits per heavy atom. The maximum atomic E-state index is 15.2. The molecule has 4 N–H and O–H groups in total. The number of aromatic nitrogens is 2. The van der Waals surface area contributed by atoms with Crippen molar-refractivity contribution < 1.29 is 18.3 Å². The first kappa shape index (κ1) is 21.5. The van der Waals surface area contributed by atoms with E-state index in [-0.39, 0.29) is 16.9 Å². The summed E-state index contributed by atoms with van der Waals surface area (Å²) in [6, 6.07) is 15.0. The molecular weight excluding hydrogens is 414 g/mol. The van der Waals surface area contributed by atoms with Crippen molar-refractivity contribution in [1.82, 2.24) is 10.2 Å². The Bertz CT molecular complexity index is 1290. The fourth-order valence-electron chi connectivity index (χ4n) is 3.63. The lowest BCUT2D eigenvalue weighted by Gasteiger charge is -2.11. The molecule has 0 fully saturated rings. The highest BCUT2D eigenvalue weighted by atomic mass is 19.1. The van der Waals surface area contributed by atoms with Crippen molar-refractivity contribution in [3.8, 4) is 11.3 Å². The van der Waals surface area contributed by atoms with E-state index in [4.69, 9.17) is 10.5 Å². The molecule has 0 unspecified atom stereocenters. The van der Waals surface area contributed by atoms with Crippen LogP contribution in [0, 0.1) is 11.6 Å². The molecule has 6 nitrogen and oxygen atoms in total. The van der Waals surface area contributed by atoms with Gasteiger partial charge in [-0.25, -0.2) is 8.78 Å². The first-order chi connectivity index (χ1) is 15.5. The molecule has 1 amide bonds. The SMILES string of the molecule is COCCNc1cc(C(N)=O)c(F)c(-c2n[nH]c3ccc(Cc4cccc(F)c4)cc23)c1. The Kier molecular flexibility index (Phi) is 6.13. The van der Waals surface area contributed by atoms with E-state index in [1.807, 2.05) is 24.3 Å². The van der Waals surface area contributed by atoms with Crippen molar-refractivity contribution in [2.45, 2.75) is 6.42 Å². The first-order valence-corrected chi connectivity index (χ1v) is 10.0. The van der Waals surface area contributed by atoms with Gasteiger partial charge in [0.15, 0.2) is 0 Å². The predicted molar refractivity (Wildman–Crippen MR) is 120 cm³/mol. The topological polar surface area (TPSA) is 93.0 Å². The zero-order valence-corrected chi connectivity index (χ0v) is 17.4. The van der Waals surface area contributed by atoms with Gasteiger partial charge in [0.2, 0.25) is 0 Å². The summed E-state index contributed by atoms with van der Waals surface area (Å²) in [4.78, 5) is 11.8. The number of halogens is 2. The number of carbonyl (C=O) groups excluding carboxylic acids is 1. The number of methoxy groups -OCH3 is 1. The minimum atomic E-state index is -0.870. The number of carbonyl (C=O) groups is 1. The molecule has 0 saturated carbocycles. The van der Waals surface area contributed by atoms with Crippen LogP contribution in [-0.4, -0.2) is 36.4 Å².